The minimum absolute atomic E-state index is 0.235. The average Bonchev–Trinajstić information content (AvgIpc) is 2.22. The van der Waals surface area contributed by atoms with Crippen molar-refractivity contribution < 1.29 is 19.0 Å². The molecule has 1 fully saturated rings. The number of hydrogen-bond acceptors (Lipinski definition) is 4. The Morgan fingerprint density at radius 1 is 1.60 bits per heavy atom. The molecule has 0 saturated carbocycles. The topological polar surface area (TPSA) is 44.8 Å². The van der Waals surface area contributed by atoms with Crippen LogP contribution in [0.5, 0.6) is 0 Å². The highest BCUT2D eigenvalue weighted by atomic mass is 35.5. The van der Waals surface area contributed by atoms with E-state index in [4.69, 9.17) is 25.8 Å². The Kier molecular flexibility index (Phi) is 4.83. The molecule has 0 aromatic carbocycles. The Morgan fingerprint density at radius 3 is 2.73 bits per heavy atom. The molecule has 1 heterocycles. The van der Waals surface area contributed by atoms with Gasteiger partial charge in [-0.25, -0.2) is 0 Å². The molecule has 0 bridgehead atoms. The number of alkyl halides is 1. The summed E-state index contributed by atoms with van der Waals surface area (Å²) in [6.07, 6.45) is -0.0452. The van der Waals surface area contributed by atoms with Crippen LogP contribution in [0.4, 0.5) is 0 Å². The molecule has 0 aromatic rings. The molecule has 4 nitrogen and oxygen atoms in total. The second-order valence-electron chi connectivity index (χ2n) is 3.57. The van der Waals surface area contributed by atoms with Crippen molar-refractivity contribution in [3.05, 3.63) is 0 Å². The Bertz CT molecular complexity index is 209. The lowest BCUT2D eigenvalue weighted by Crippen LogP contribution is -2.47. The van der Waals surface area contributed by atoms with Gasteiger partial charge < -0.3 is 14.2 Å². The first kappa shape index (κ1) is 12.7. The van der Waals surface area contributed by atoms with Crippen LogP contribution >= 0.6 is 11.6 Å². The zero-order valence-corrected chi connectivity index (χ0v) is 9.99. The van der Waals surface area contributed by atoms with E-state index in [0.717, 1.165) is 0 Å². The van der Waals surface area contributed by atoms with Crippen LogP contribution in [0, 0.1) is 0 Å². The van der Waals surface area contributed by atoms with E-state index in [-0.39, 0.29) is 29.8 Å². The van der Waals surface area contributed by atoms with Crippen molar-refractivity contribution in [3.8, 4) is 0 Å². The van der Waals surface area contributed by atoms with Gasteiger partial charge in [0.1, 0.15) is 6.10 Å². The lowest BCUT2D eigenvalue weighted by molar-refractivity contribution is -0.214. The van der Waals surface area contributed by atoms with Gasteiger partial charge in [0, 0.05) is 20.0 Å². The molecule has 1 saturated heterocycles. The van der Waals surface area contributed by atoms with E-state index in [2.05, 4.69) is 0 Å². The maximum atomic E-state index is 11.2. The number of esters is 1. The molecule has 0 radical (unpaired) electrons. The molecule has 0 N–H and O–H groups in total. The minimum Gasteiger partial charge on any atom is -0.458 e. The predicted molar refractivity (Wildman–Crippen MR) is 55.8 cm³/mol. The summed E-state index contributed by atoms with van der Waals surface area (Å²) >= 11 is 6.11. The van der Waals surface area contributed by atoms with E-state index < -0.39 is 0 Å². The largest absolute Gasteiger partial charge is 0.458 e. The average molecular weight is 237 g/mol. The van der Waals surface area contributed by atoms with E-state index in [1.54, 1.807) is 14.0 Å². The summed E-state index contributed by atoms with van der Waals surface area (Å²) in [5.74, 6) is -0.253. The second kappa shape index (κ2) is 5.68. The first-order valence-corrected chi connectivity index (χ1v) is 5.54. The van der Waals surface area contributed by atoms with Crippen LogP contribution in [0.15, 0.2) is 0 Å². The van der Waals surface area contributed by atoms with E-state index in [1.807, 2.05) is 6.92 Å². The van der Waals surface area contributed by atoms with Crippen molar-refractivity contribution in [3.63, 3.8) is 0 Å². The number of halogens is 1. The van der Waals surface area contributed by atoms with Crippen LogP contribution in [0.1, 0.15) is 26.7 Å². The zero-order chi connectivity index (χ0) is 11.4. The summed E-state index contributed by atoms with van der Waals surface area (Å²) in [5, 5.41) is -0.255. The quantitative estimate of drug-likeness (QED) is 0.553. The molecule has 1 aliphatic rings. The fourth-order valence-electron chi connectivity index (χ4n) is 1.54. The molecule has 5 heteroatoms. The third-order valence-corrected chi connectivity index (χ3v) is 2.85. The number of ether oxygens (including phenoxy) is 3. The first-order valence-electron chi connectivity index (χ1n) is 5.10. The maximum absolute atomic E-state index is 11.2. The lowest BCUT2D eigenvalue weighted by atomic mass is 10.1. The van der Waals surface area contributed by atoms with Crippen molar-refractivity contribution in [2.24, 2.45) is 0 Å². The second-order valence-corrected chi connectivity index (χ2v) is 4.13. The molecular weight excluding hydrogens is 220 g/mol. The highest BCUT2D eigenvalue weighted by Gasteiger charge is 2.37. The van der Waals surface area contributed by atoms with Gasteiger partial charge in [0.05, 0.1) is 11.5 Å². The van der Waals surface area contributed by atoms with Crippen LogP contribution in [-0.4, -0.2) is 37.0 Å². The molecule has 4 atom stereocenters. The van der Waals surface area contributed by atoms with Gasteiger partial charge >= 0.3 is 5.97 Å². The van der Waals surface area contributed by atoms with E-state index >= 15 is 0 Å². The monoisotopic (exact) mass is 236 g/mol. The molecule has 0 spiro atoms. The van der Waals surface area contributed by atoms with Crippen LogP contribution in [0.3, 0.4) is 0 Å². The van der Waals surface area contributed by atoms with Crippen LogP contribution < -0.4 is 0 Å². The summed E-state index contributed by atoms with van der Waals surface area (Å²) < 4.78 is 15.8. The van der Waals surface area contributed by atoms with Crippen molar-refractivity contribution in [2.45, 2.75) is 50.6 Å². The third-order valence-electron chi connectivity index (χ3n) is 2.42. The standard InChI is InChI=1S/C10H17ClO4/c1-4-8(12)15-10-6(2)14-9(13-3)5-7(10)11/h6-7,9-10H,4-5H2,1-3H3/t6-,7-,9?,10+/m0/s1. The fourth-order valence-corrected chi connectivity index (χ4v) is 1.94. The minimum atomic E-state index is -0.384. The van der Waals surface area contributed by atoms with Gasteiger partial charge in [-0.15, -0.1) is 11.6 Å². The number of carbonyl (C=O) groups is 1. The molecule has 88 valence electrons. The molecule has 15 heavy (non-hydrogen) atoms. The Balaban J connectivity index is 2.54. The Labute approximate surface area is 94.8 Å². The van der Waals surface area contributed by atoms with Crippen LogP contribution in [0.2, 0.25) is 0 Å². The van der Waals surface area contributed by atoms with Gasteiger partial charge in [-0.2, -0.15) is 0 Å². The molecule has 0 aliphatic carbocycles. The van der Waals surface area contributed by atoms with Gasteiger partial charge in [-0.3, -0.25) is 4.79 Å². The number of hydrogen-bond donors (Lipinski definition) is 0. The summed E-state index contributed by atoms with van der Waals surface area (Å²) in [7, 11) is 1.57. The summed E-state index contributed by atoms with van der Waals surface area (Å²) in [6.45, 7) is 3.58. The van der Waals surface area contributed by atoms with E-state index in [1.165, 1.54) is 0 Å². The van der Waals surface area contributed by atoms with E-state index in [9.17, 15) is 4.79 Å². The normalized spacial score (nSPS) is 36.3. The molecular formula is C10H17ClO4. The van der Waals surface area contributed by atoms with Crippen molar-refractivity contribution in [1.29, 1.82) is 0 Å². The SMILES string of the molecule is CCC(=O)O[C@@H]1[C@H](C)OC(OC)C[C@@H]1Cl. The summed E-state index contributed by atoms with van der Waals surface area (Å²) in [5.41, 5.74) is 0. The third kappa shape index (κ3) is 3.33. The fraction of sp³-hybridized carbons (Fsp3) is 0.900. The highest BCUT2D eigenvalue weighted by Crippen LogP contribution is 2.27. The van der Waals surface area contributed by atoms with Crippen LogP contribution in [0.25, 0.3) is 0 Å². The van der Waals surface area contributed by atoms with Crippen molar-refractivity contribution in [1.82, 2.24) is 0 Å². The van der Waals surface area contributed by atoms with Gasteiger partial charge in [0.15, 0.2) is 6.29 Å². The highest BCUT2D eigenvalue weighted by molar-refractivity contribution is 6.21. The molecule has 1 unspecified atom stereocenters. The van der Waals surface area contributed by atoms with Crippen LogP contribution in [-0.2, 0) is 19.0 Å². The van der Waals surface area contributed by atoms with Crippen molar-refractivity contribution in [2.75, 3.05) is 7.11 Å². The van der Waals surface area contributed by atoms with Gasteiger partial charge in [0.25, 0.3) is 0 Å². The smallest absolute Gasteiger partial charge is 0.305 e. The lowest BCUT2D eigenvalue weighted by Gasteiger charge is -2.36. The Hall–Kier alpha value is -0.320. The predicted octanol–water partition coefficient (Wildman–Crippen LogP) is 1.70. The number of carbonyl (C=O) groups excluding carboxylic acids is 1. The Morgan fingerprint density at radius 2 is 2.27 bits per heavy atom. The van der Waals surface area contributed by atoms with Gasteiger partial charge in [-0.1, -0.05) is 6.92 Å². The summed E-state index contributed by atoms with van der Waals surface area (Å²) in [4.78, 5) is 11.2. The first-order chi connectivity index (χ1) is 7.08. The molecule has 1 rings (SSSR count). The zero-order valence-electron chi connectivity index (χ0n) is 9.23. The molecule has 1 aliphatic heterocycles. The number of rotatable bonds is 3. The van der Waals surface area contributed by atoms with E-state index in [0.29, 0.717) is 12.8 Å². The molecule has 0 amide bonds. The molecule has 0 aromatic heterocycles. The van der Waals surface area contributed by atoms with Gasteiger partial charge in [-0.05, 0) is 6.92 Å². The number of methoxy groups -OCH3 is 1. The maximum Gasteiger partial charge on any atom is 0.305 e. The van der Waals surface area contributed by atoms with Gasteiger partial charge in [0.2, 0.25) is 0 Å². The summed E-state index contributed by atoms with van der Waals surface area (Å²) in [6, 6.07) is 0. The van der Waals surface area contributed by atoms with Crippen molar-refractivity contribution >= 4 is 17.6 Å².